The monoisotopic (exact) mass is 262 g/mol. The van der Waals surface area contributed by atoms with Crippen molar-refractivity contribution in [2.45, 2.75) is 25.9 Å². The highest BCUT2D eigenvalue weighted by atomic mass is 16.5. The Kier molecular flexibility index (Phi) is 12.3. The summed E-state index contributed by atoms with van der Waals surface area (Å²) in [7, 11) is 1.58. The van der Waals surface area contributed by atoms with Crippen molar-refractivity contribution in [3.8, 4) is 0 Å². The molecule has 0 rings (SSSR count). The van der Waals surface area contributed by atoms with Crippen LogP contribution in [0.3, 0.4) is 0 Å². The first kappa shape index (κ1) is 17.3. The Morgan fingerprint density at radius 2 is 2.17 bits per heavy atom. The van der Waals surface area contributed by atoms with Gasteiger partial charge in [0.25, 0.3) is 0 Å². The lowest BCUT2D eigenvalue weighted by molar-refractivity contribution is -0.120. The fourth-order valence-electron chi connectivity index (χ4n) is 1.23. The van der Waals surface area contributed by atoms with E-state index in [0.717, 1.165) is 12.8 Å². The lowest BCUT2D eigenvalue weighted by atomic mass is 10.3. The van der Waals surface area contributed by atoms with Gasteiger partial charge in [-0.15, -0.1) is 0 Å². The maximum absolute atomic E-state index is 11.3. The number of hydrogen-bond acceptors (Lipinski definition) is 5. The van der Waals surface area contributed by atoms with Gasteiger partial charge in [-0.1, -0.05) is 13.3 Å². The number of carbonyl (C=O) groups excluding carboxylic acids is 1. The molecule has 0 aromatic heterocycles. The third-order valence-electron chi connectivity index (χ3n) is 2.25. The van der Waals surface area contributed by atoms with Crippen LogP contribution in [-0.4, -0.2) is 63.7 Å². The first-order valence-electron chi connectivity index (χ1n) is 6.42. The molecule has 0 aliphatic heterocycles. The van der Waals surface area contributed by atoms with Gasteiger partial charge < -0.3 is 25.2 Å². The summed E-state index contributed by atoms with van der Waals surface area (Å²) >= 11 is 0. The van der Waals surface area contributed by atoms with Gasteiger partial charge in [0.1, 0.15) is 0 Å². The smallest absolute Gasteiger partial charge is 0.234 e. The van der Waals surface area contributed by atoms with Crippen LogP contribution >= 0.6 is 0 Å². The van der Waals surface area contributed by atoms with Crippen molar-refractivity contribution >= 4 is 5.91 Å². The molecule has 6 nitrogen and oxygen atoms in total. The summed E-state index contributed by atoms with van der Waals surface area (Å²) in [5.41, 5.74) is 0. The van der Waals surface area contributed by atoms with E-state index in [1.54, 1.807) is 7.11 Å². The number of rotatable bonds is 12. The molecular formula is C12H26N2O4. The minimum Gasteiger partial charge on any atom is -0.389 e. The Hall–Kier alpha value is -0.690. The topological polar surface area (TPSA) is 79.8 Å². The quantitative estimate of drug-likeness (QED) is 0.414. The van der Waals surface area contributed by atoms with Crippen LogP contribution in [0, 0.1) is 0 Å². The Morgan fingerprint density at radius 3 is 2.83 bits per heavy atom. The maximum Gasteiger partial charge on any atom is 0.234 e. The number of aliphatic hydroxyl groups is 1. The van der Waals surface area contributed by atoms with Gasteiger partial charge >= 0.3 is 0 Å². The minimum atomic E-state index is -0.575. The van der Waals surface area contributed by atoms with E-state index in [9.17, 15) is 9.90 Å². The van der Waals surface area contributed by atoms with Crippen molar-refractivity contribution < 1.29 is 19.4 Å². The number of aliphatic hydroxyl groups excluding tert-OH is 1. The number of amides is 1. The zero-order valence-corrected chi connectivity index (χ0v) is 11.4. The van der Waals surface area contributed by atoms with E-state index < -0.39 is 6.10 Å². The zero-order chi connectivity index (χ0) is 13.6. The van der Waals surface area contributed by atoms with Gasteiger partial charge in [0.15, 0.2) is 0 Å². The van der Waals surface area contributed by atoms with Crippen LogP contribution in [0.15, 0.2) is 0 Å². The lowest BCUT2D eigenvalue weighted by Crippen LogP contribution is -2.39. The van der Waals surface area contributed by atoms with Gasteiger partial charge in [0.05, 0.1) is 25.9 Å². The molecule has 0 aliphatic rings. The summed E-state index contributed by atoms with van der Waals surface area (Å²) in [6.07, 6.45) is 1.51. The van der Waals surface area contributed by atoms with E-state index in [0.29, 0.717) is 32.9 Å². The van der Waals surface area contributed by atoms with Gasteiger partial charge in [0, 0.05) is 26.8 Å². The molecule has 1 atom stereocenters. The zero-order valence-electron chi connectivity index (χ0n) is 11.4. The first-order valence-corrected chi connectivity index (χ1v) is 6.42. The summed E-state index contributed by atoms with van der Waals surface area (Å²) in [5.74, 6) is -0.105. The van der Waals surface area contributed by atoms with Crippen molar-refractivity contribution in [1.29, 1.82) is 0 Å². The summed E-state index contributed by atoms with van der Waals surface area (Å²) < 4.78 is 10.1. The van der Waals surface area contributed by atoms with Crippen LogP contribution < -0.4 is 10.6 Å². The van der Waals surface area contributed by atoms with Gasteiger partial charge in [-0.25, -0.2) is 0 Å². The van der Waals surface area contributed by atoms with Gasteiger partial charge in [-0.3, -0.25) is 4.79 Å². The number of hydrogen-bond donors (Lipinski definition) is 3. The number of nitrogens with one attached hydrogen (secondary N) is 2. The van der Waals surface area contributed by atoms with E-state index in [4.69, 9.17) is 9.47 Å². The van der Waals surface area contributed by atoms with E-state index in [-0.39, 0.29) is 12.5 Å². The van der Waals surface area contributed by atoms with Crippen LogP contribution in [0.25, 0.3) is 0 Å². The Morgan fingerprint density at radius 1 is 1.39 bits per heavy atom. The Balaban J connectivity index is 3.32. The van der Waals surface area contributed by atoms with Crippen molar-refractivity contribution in [1.82, 2.24) is 10.6 Å². The molecule has 1 unspecified atom stereocenters. The average Bonchev–Trinajstić information content (AvgIpc) is 2.35. The number of methoxy groups -OCH3 is 1. The van der Waals surface area contributed by atoms with Crippen molar-refractivity contribution in [2.75, 3.05) is 46.6 Å². The summed E-state index contributed by atoms with van der Waals surface area (Å²) in [5, 5.41) is 15.1. The molecule has 0 aromatic carbocycles. The van der Waals surface area contributed by atoms with Crippen LogP contribution in [0.1, 0.15) is 19.8 Å². The molecule has 1 amide bonds. The van der Waals surface area contributed by atoms with Crippen LogP contribution in [-0.2, 0) is 14.3 Å². The largest absolute Gasteiger partial charge is 0.389 e. The molecule has 0 spiro atoms. The second-order valence-corrected chi connectivity index (χ2v) is 4.06. The van der Waals surface area contributed by atoms with Crippen molar-refractivity contribution in [3.63, 3.8) is 0 Å². The maximum atomic E-state index is 11.3. The molecule has 6 heteroatoms. The predicted molar refractivity (Wildman–Crippen MR) is 69.5 cm³/mol. The van der Waals surface area contributed by atoms with Crippen molar-refractivity contribution in [3.05, 3.63) is 0 Å². The Labute approximate surface area is 109 Å². The minimum absolute atomic E-state index is 0.105. The summed E-state index contributed by atoms with van der Waals surface area (Å²) in [6.45, 7) is 4.60. The second-order valence-electron chi connectivity index (χ2n) is 4.06. The molecular weight excluding hydrogens is 236 g/mol. The molecule has 0 fully saturated rings. The predicted octanol–water partition coefficient (Wildman–Crippen LogP) is -0.484. The molecule has 0 aromatic rings. The van der Waals surface area contributed by atoms with E-state index >= 15 is 0 Å². The van der Waals surface area contributed by atoms with Gasteiger partial charge in [-0.2, -0.15) is 0 Å². The molecule has 0 saturated heterocycles. The van der Waals surface area contributed by atoms with Crippen molar-refractivity contribution in [2.24, 2.45) is 0 Å². The molecule has 0 bridgehead atoms. The highest BCUT2D eigenvalue weighted by Crippen LogP contribution is 1.90. The van der Waals surface area contributed by atoms with Gasteiger partial charge in [-0.05, 0) is 6.42 Å². The molecule has 108 valence electrons. The fraction of sp³-hybridized carbons (Fsp3) is 0.917. The van der Waals surface area contributed by atoms with E-state index in [1.165, 1.54) is 0 Å². The van der Waals surface area contributed by atoms with Crippen LogP contribution in [0.2, 0.25) is 0 Å². The highest BCUT2D eigenvalue weighted by molar-refractivity contribution is 5.77. The molecule has 0 radical (unpaired) electrons. The molecule has 18 heavy (non-hydrogen) atoms. The first-order chi connectivity index (χ1) is 8.70. The third-order valence-corrected chi connectivity index (χ3v) is 2.25. The number of ether oxygens (including phenoxy) is 2. The average molecular weight is 262 g/mol. The van der Waals surface area contributed by atoms with E-state index in [1.807, 2.05) is 0 Å². The third kappa shape index (κ3) is 11.8. The Bertz CT molecular complexity index is 203. The summed E-state index contributed by atoms with van der Waals surface area (Å²) in [4.78, 5) is 11.3. The second kappa shape index (κ2) is 12.8. The highest BCUT2D eigenvalue weighted by Gasteiger charge is 2.05. The van der Waals surface area contributed by atoms with Crippen LogP contribution in [0.5, 0.6) is 0 Å². The van der Waals surface area contributed by atoms with Gasteiger partial charge in [0.2, 0.25) is 5.91 Å². The number of unbranched alkanes of at least 4 members (excludes halogenated alkanes) is 1. The fourth-order valence-corrected chi connectivity index (χ4v) is 1.23. The van der Waals surface area contributed by atoms with Crippen LogP contribution in [0.4, 0.5) is 0 Å². The standard InChI is InChI=1S/C12H26N2O4/c1-3-4-6-18-10-11(15)8-13-9-12(16)14-5-7-17-2/h11,13,15H,3-10H2,1-2H3,(H,14,16). The summed E-state index contributed by atoms with van der Waals surface area (Å²) in [6, 6.07) is 0. The molecule has 3 N–H and O–H groups in total. The molecule has 0 aliphatic carbocycles. The SMILES string of the molecule is CCCCOCC(O)CNCC(=O)NCCOC. The number of carbonyl (C=O) groups is 1. The molecule has 0 heterocycles. The molecule has 0 saturated carbocycles. The normalized spacial score (nSPS) is 12.4. The lowest BCUT2D eigenvalue weighted by Gasteiger charge is -2.12. The van der Waals surface area contributed by atoms with E-state index in [2.05, 4.69) is 17.6 Å².